The van der Waals surface area contributed by atoms with E-state index in [-0.39, 0.29) is 11.7 Å². The molecule has 102 valence electrons. The Labute approximate surface area is 121 Å². The van der Waals surface area contributed by atoms with Crippen molar-refractivity contribution in [1.82, 2.24) is 5.16 Å². The number of nitriles is 1. The van der Waals surface area contributed by atoms with E-state index in [0.29, 0.717) is 23.6 Å². The molecule has 0 radical (unpaired) electrons. The number of benzene rings is 1. The fraction of sp³-hybridized carbons (Fsp3) is 0.214. The molecule has 0 saturated heterocycles. The molecule has 0 aliphatic carbocycles. The highest BCUT2D eigenvalue weighted by atomic mass is 32.2. The molecule has 0 spiro atoms. The number of rotatable bonds is 5. The van der Waals surface area contributed by atoms with Gasteiger partial charge in [0.2, 0.25) is 5.76 Å². The Bertz CT molecular complexity index is 646. The molecular weight excluding hydrogens is 274 g/mol. The molecule has 6 heteroatoms. The molecule has 2 rings (SSSR count). The van der Waals surface area contributed by atoms with Crippen molar-refractivity contribution in [3.63, 3.8) is 0 Å². The fourth-order valence-electron chi connectivity index (χ4n) is 1.56. The van der Waals surface area contributed by atoms with Crippen molar-refractivity contribution in [1.29, 1.82) is 5.26 Å². The minimum atomic E-state index is -0.334. The Hall–Kier alpha value is -2.26. The van der Waals surface area contributed by atoms with E-state index in [1.807, 2.05) is 24.3 Å². The predicted octanol–water partition coefficient (Wildman–Crippen LogP) is 3.24. The van der Waals surface area contributed by atoms with Gasteiger partial charge in [0.1, 0.15) is 0 Å². The molecule has 20 heavy (non-hydrogen) atoms. The van der Waals surface area contributed by atoms with E-state index in [0.717, 1.165) is 4.90 Å². The van der Waals surface area contributed by atoms with Crippen molar-refractivity contribution in [3.8, 4) is 6.07 Å². The highest BCUT2D eigenvalue weighted by molar-refractivity contribution is 7.99. The number of aromatic nitrogens is 1. The van der Waals surface area contributed by atoms with Crippen LogP contribution in [-0.2, 0) is 0 Å². The van der Waals surface area contributed by atoms with Gasteiger partial charge < -0.3 is 9.84 Å². The van der Waals surface area contributed by atoms with Crippen molar-refractivity contribution >= 4 is 23.4 Å². The topological polar surface area (TPSA) is 78.9 Å². The van der Waals surface area contributed by atoms with Crippen LogP contribution < -0.4 is 5.32 Å². The third kappa shape index (κ3) is 3.62. The normalized spacial score (nSPS) is 10.0. The van der Waals surface area contributed by atoms with Crippen LogP contribution in [0.15, 0.2) is 39.8 Å². The Balaban J connectivity index is 2.09. The molecular formula is C14H13N3O2S. The molecule has 0 aliphatic rings. The zero-order valence-electron chi connectivity index (χ0n) is 10.9. The summed E-state index contributed by atoms with van der Waals surface area (Å²) in [6.45, 7) is 1.76. The van der Waals surface area contributed by atoms with Gasteiger partial charge in [0.05, 0.1) is 17.5 Å². The van der Waals surface area contributed by atoms with E-state index < -0.39 is 0 Å². The van der Waals surface area contributed by atoms with E-state index in [4.69, 9.17) is 9.78 Å². The summed E-state index contributed by atoms with van der Waals surface area (Å²) in [6, 6.07) is 11.1. The van der Waals surface area contributed by atoms with Crippen LogP contribution >= 0.6 is 11.8 Å². The highest BCUT2D eigenvalue weighted by Gasteiger charge is 2.13. The first-order chi connectivity index (χ1) is 9.70. The van der Waals surface area contributed by atoms with Gasteiger partial charge in [-0.25, -0.2) is 0 Å². The van der Waals surface area contributed by atoms with E-state index in [9.17, 15) is 4.79 Å². The Morgan fingerprint density at radius 2 is 2.30 bits per heavy atom. The van der Waals surface area contributed by atoms with Gasteiger partial charge in [0, 0.05) is 23.1 Å². The minimum Gasteiger partial charge on any atom is -0.351 e. The molecule has 1 amide bonds. The molecule has 0 saturated carbocycles. The van der Waals surface area contributed by atoms with Crippen LogP contribution in [0, 0.1) is 18.3 Å². The maximum absolute atomic E-state index is 12.0. The molecule has 0 atom stereocenters. The van der Waals surface area contributed by atoms with Crippen molar-refractivity contribution in [2.75, 3.05) is 11.1 Å². The minimum absolute atomic E-state index is 0.180. The summed E-state index contributed by atoms with van der Waals surface area (Å²) in [5, 5.41) is 15.0. The van der Waals surface area contributed by atoms with Gasteiger partial charge in [-0.2, -0.15) is 5.26 Å². The van der Waals surface area contributed by atoms with Gasteiger partial charge in [0.25, 0.3) is 5.91 Å². The number of nitrogens with zero attached hydrogens (tertiary/aromatic N) is 2. The lowest BCUT2D eigenvalue weighted by molar-refractivity contribution is 0.0987. The summed E-state index contributed by atoms with van der Waals surface area (Å²) in [5.74, 6) is 0.531. The van der Waals surface area contributed by atoms with Gasteiger partial charge in [-0.05, 0) is 19.1 Å². The van der Waals surface area contributed by atoms with Crippen LogP contribution in [0.4, 0.5) is 5.69 Å². The van der Waals surface area contributed by atoms with Gasteiger partial charge in [-0.1, -0.05) is 17.3 Å². The van der Waals surface area contributed by atoms with Gasteiger partial charge in [-0.15, -0.1) is 11.8 Å². The summed E-state index contributed by atoms with van der Waals surface area (Å²) in [6.07, 6.45) is 0.467. The number of carbonyl (C=O) groups excluding carboxylic acids is 1. The molecule has 1 aromatic heterocycles. The van der Waals surface area contributed by atoms with Crippen LogP contribution in [0.1, 0.15) is 22.7 Å². The molecule has 1 heterocycles. The summed E-state index contributed by atoms with van der Waals surface area (Å²) in [4.78, 5) is 12.9. The maximum atomic E-state index is 12.0. The van der Waals surface area contributed by atoms with Crippen LogP contribution in [0.5, 0.6) is 0 Å². The number of nitrogens with one attached hydrogen (secondary N) is 1. The van der Waals surface area contributed by atoms with E-state index in [1.165, 1.54) is 11.8 Å². The van der Waals surface area contributed by atoms with Crippen LogP contribution in [0.25, 0.3) is 0 Å². The Morgan fingerprint density at radius 1 is 1.50 bits per heavy atom. The average Bonchev–Trinajstić information content (AvgIpc) is 2.88. The quantitative estimate of drug-likeness (QED) is 0.674. The largest absolute Gasteiger partial charge is 0.351 e. The molecule has 1 aromatic carbocycles. The first kappa shape index (κ1) is 14.2. The summed E-state index contributed by atoms with van der Waals surface area (Å²) < 4.78 is 4.92. The number of carbonyl (C=O) groups is 1. The predicted molar refractivity (Wildman–Crippen MR) is 76.6 cm³/mol. The second-order valence-electron chi connectivity index (χ2n) is 4.04. The Morgan fingerprint density at radius 3 is 3.00 bits per heavy atom. The lowest BCUT2D eigenvalue weighted by Crippen LogP contribution is -2.11. The van der Waals surface area contributed by atoms with Crippen LogP contribution in [-0.4, -0.2) is 16.8 Å². The summed E-state index contributed by atoms with van der Waals surface area (Å²) >= 11 is 1.53. The maximum Gasteiger partial charge on any atom is 0.294 e. The molecule has 1 N–H and O–H groups in total. The third-order valence-electron chi connectivity index (χ3n) is 2.46. The molecule has 0 aliphatic heterocycles. The van der Waals surface area contributed by atoms with Crippen LogP contribution in [0.2, 0.25) is 0 Å². The Kier molecular flexibility index (Phi) is 4.80. The lowest BCUT2D eigenvalue weighted by atomic mass is 10.3. The van der Waals surface area contributed by atoms with Crippen LogP contribution in [0.3, 0.4) is 0 Å². The number of hydrogen-bond donors (Lipinski definition) is 1. The third-order valence-corrected chi connectivity index (χ3v) is 3.53. The van der Waals surface area contributed by atoms with Gasteiger partial charge in [-0.3, -0.25) is 4.79 Å². The van der Waals surface area contributed by atoms with E-state index in [2.05, 4.69) is 16.5 Å². The molecule has 0 unspecified atom stereocenters. The number of thioether (sulfide) groups is 1. The zero-order valence-corrected chi connectivity index (χ0v) is 11.7. The molecule has 5 nitrogen and oxygen atoms in total. The van der Waals surface area contributed by atoms with Crippen molar-refractivity contribution in [3.05, 3.63) is 41.8 Å². The summed E-state index contributed by atoms with van der Waals surface area (Å²) in [5.41, 5.74) is 1.36. The first-order valence-corrected chi connectivity index (χ1v) is 7.02. The molecule has 2 aromatic rings. The lowest BCUT2D eigenvalue weighted by Gasteiger charge is -2.08. The van der Waals surface area contributed by atoms with E-state index in [1.54, 1.807) is 13.0 Å². The molecule has 0 fully saturated rings. The average molecular weight is 287 g/mol. The van der Waals surface area contributed by atoms with Crippen molar-refractivity contribution < 1.29 is 9.32 Å². The van der Waals surface area contributed by atoms with Crippen molar-refractivity contribution in [2.24, 2.45) is 0 Å². The van der Waals surface area contributed by atoms with E-state index >= 15 is 0 Å². The number of hydrogen-bond acceptors (Lipinski definition) is 5. The van der Waals surface area contributed by atoms with Gasteiger partial charge >= 0.3 is 0 Å². The standard InChI is InChI=1S/C14H13N3O2S/c1-10-9-12(19-17-10)14(18)16-11-5-2-3-6-13(11)20-8-4-7-15/h2-3,5-6,9H,4,8H2,1H3,(H,16,18). The number of amides is 1. The highest BCUT2D eigenvalue weighted by Crippen LogP contribution is 2.27. The zero-order chi connectivity index (χ0) is 14.4. The second-order valence-corrected chi connectivity index (χ2v) is 5.18. The SMILES string of the molecule is Cc1cc(C(=O)Nc2ccccc2SCCC#N)on1. The number of para-hydroxylation sites is 1. The number of aryl methyl sites for hydroxylation is 1. The van der Waals surface area contributed by atoms with Gasteiger partial charge in [0.15, 0.2) is 0 Å². The fourth-order valence-corrected chi connectivity index (χ4v) is 2.42. The first-order valence-electron chi connectivity index (χ1n) is 6.04. The molecule has 0 bridgehead atoms. The second kappa shape index (κ2) is 6.78. The smallest absolute Gasteiger partial charge is 0.294 e. The summed E-state index contributed by atoms with van der Waals surface area (Å²) in [7, 11) is 0. The monoisotopic (exact) mass is 287 g/mol. The number of anilines is 1. The van der Waals surface area contributed by atoms with Crippen molar-refractivity contribution in [2.45, 2.75) is 18.2 Å².